The van der Waals surface area contributed by atoms with Crippen molar-refractivity contribution in [3.8, 4) is 5.75 Å². The molecule has 0 radical (unpaired) electrons. The van der Waals surface area contributed by atoms with Crippen LogP contribution in [0.5, 0.6) is 5.75 Å². The van der Waals surface area contributed by atoms with Crippen LogP contribution in [0.25, 0.3) is 0 Å². The molecule has 0 aliphatic heterocycles. The Morgan fingerprint density at radius 3 is 2.62 bits per heavy atom. The summed E-state index contributed by atoms with van der Waals surface area (Å²) in [5.74, 6) is 1.31. The van der Waals surface area contributed by atoms with E-state index in [1.54, 1.807) is 25.5 Å². The van der Waals surface area contributed by atoms with Gasteiger partial charge in [-0.25, -0.2) is 0 Å². The predicted octanol–water partition coefficient (Wildman–Crippen LogP) is 2.97. The zero-order valence-corrected chi connectivity index (χ0v) is 12.4. The van der Waals surface area contributed by atoms with E-state index in [2.05, 4.69) is 10.6 Å². The van der Waals surface area contributed by atoms with E-state index in [9.17, 15) is 4.79 Å². The van der Waals surface area contributed by atoms with Crippen molar-refractivity contribution in [2.75, 3.05) is 12.4 Å². The van der Waals surface area contributed by atoms with Gasteiger partial charge >= 0.3 is 0 Å². The number of benzene rings is 1. The Morgan fingerprint density at radius 2 is 1.95 bits per heavy atom. The third kappa shape index (κ3) is 3.86. The normalized spacial score (nSPS) is 13.5. The van der Waals surface area contributed by atoms with Crippen molar-refractivity contribution in [3.63, 3.8) is 0 Å². The van der Waals surface area contributed by atoms with Gasteiger partial charge in [0.25, 0.3) is 0 Å². The Morgan fingerprint density at radius 1 is 1.19 bits per heavy atom. The van der Waals surface area contributed by atoms with Crippen LogP contribution < -0.4 is 15.4 Å². The van der Waals surface area contributed by atoms with Gasteiger partial charge in [0.05, 0.1) is 31.1 Å². The third-order valence-electron chi connectivity index (χ3n) is 3.23. The van der Waals surface area contributed by atoms with Gasteiger partial charge in [0.2, 0.25) is 5.91 Å². The summed E-state index contributed by atoms with van der Waals surface area (Å²) in [4.78, 5) is 12.2. The van der Waals surface area contributed by atoms with Crippen molar-refractivity contribution >= 4 is 11.6 Å². The molecule has 0 fully saturated rings. The third-order valence-corrected chi connectivity index (χ3v) is 3.23. The Kier molecular flexibility index (Phi) is 5.00. The zero-order chi connectivity index (χ0) is 15.2. The van der Waals surface area contributed by atoms with E-state index in [4.69, 9.17) is 9.15 Å². The average molecular weight is 288 g/mol. The van der Waals surface area contributed by atoms with Gasteiger partial charge in [-0.3, -0.25) is 10.1 Å². The van der Waals surface area contributed by atoms with E-state index >= 15 is 0 Å². The summed E-state index contributed by atoms with van der Waals surface area (Å²) in [5, 5.41) is 6.05. The minimum absolute atomic E-state index is 0.0431. The minimum atomic E-state index is -0.366. The average Bonchev–Trinajstić information content (AvgIpc) is 3.02. The number of ether oxygens (including phenoxy) is 1. The molecule has 2 rings (SSSR count). The van der Waals surface area contributed by atoms with Gasteiger partial charge in [0.15, 0.2) is 0 Å². The Hall–Kier alpha value is -2.27. The lowest BCUT2D eigenvalue weighted by Gasteiger charge is -2.19. The monoisotopic (exact) mass is 288 g/mol. The number of hydrogen-bond donors (Lipinski definition) is 2. The molecule has 0 aliphatic rings. The van der Waals surface area contributed by atoms with Gasteiger partial charge in [-0.05, 0) is 38.1 Å². The smallest absolute Gasteiger partial charge is 0.241 e. The van der Waals surface area contributed by atoms with E-state index in [1.165, 1.54) is 0 Å². The Labute approximate surface area is 124 Å². The fraction of sp³-hybridized carbons (Fsp3) is 0.312. The van der Waals surface area contributed by atoms with Crippen molar-refractivity contribution in [1.82, 2.24) is 5.32 Å². The van der Waals surface area contributed by atoms with Crippen LogP contribution in [0.1, 0.15) is 25.6 Å². The molecular formula is C16H20N2O3. The maximum atomic E-state index is 12.2. The maximum Gasteiger partial charge on any atom is 0.241 e. The molecule has 2 atom stereocenters. The lowest BCUT2D eigenvalue weighted by molar-refractivity contribution is -0.118. The summed E-state index contributed by atoms with van der Waals surface area (Å²) in [7, 11) is 1.58. The van der Waals surface area contributed by atoms with Crippen LogP contribution in [0.4, 0.5) is 5.69 Å². The van der Waals surface area contributed by atoms with Gasteiger partial charge in [-0.1, -0.05) is 12.1 Å². The molecule has 2 N–H and O–H groups in total. The van der Waals surface area contributed by atoms with Crippen molar-refractivity contribution in [1.29, 1.82) is 0 Å². The van der Waals surface area contributed by atoms with Gasteiger partial charge < -0.3 is 14.5 Å². The second-order valence-electron chi connectivity index (χ2n) is 4.81. The number of carbonyl (C=O) groups is 1. The van der Waals surface area contributed by atoms with Crippen molar-refractivity contribution in [2.45, 2.75) is 25.9 Å². The number of rotatable bonds is 6. The van der Waals surface area contributed by atoms with Crippen LogP contribution >= 0.6 is 0 Å². The highest BCUT2D eigenvalue weighted by Gasteiger charge is 2.18. The fourth-order valence-electron chi connectivity index (χ4n) is 2.06. The lowest BCUT2D eigenvalue weighted by Crippen LogP contribution is -2.39. The highest BCUT2D eigenvalue weighted by molar-refractivity contribution is 5.95. The Bertz CT molecular complexity index is 581. The molecule has 1 heterocycles. The number of para-hydroxylation sites is 2. The number of amides is 1. The van der Waals surface area contributed by atoms with Crippen molar-refractivity contribution < 1.29 is 13.9 Å². The molecule has 0 unspecified atom stereocenters. The SMILES string of the molecule is COc1ccccc1NC(=O)[C@@H](C)N[C@@H](C)c1ccco1. The van der Waals surface area contributed by atoms with E-state index < -0.39 is 0 Å². The number of hydrogen-bond acceptors (Lipinski definition) is 4. The van der Waals surface area contributed by atoms with Crippen molar-refractivity contribution in [3.05, 3.63) is 48.4 Å². The number of anilines is 1. The quantitative estimate of drug-likeness (QED) is 0.857. The maximum absolute atomic E-state index is 12.2. The van der Waals surface area contributed by atoms with Crippen molar-refractivity contribution in [2.24, 2.45) is 0 Å². The molecule has 1 aromatic carbocycles. The number of carbonyl (C=O) groups excluding carboxylic acids is 1. The van der Waals surface area contributed by atoms with Crippen LogP contribution in [-0.4, -0.2) is 19.1 Å². The Balaban J connectivity index is 1.96. The second kappa shape index (κ2) is 6.95. The number of nitrogens with one attached hydrogen (secondary N) is 2. The summed E-state index contributed by atoms with van der Waals surface area (Å²) < 4.78 is 10.5. The molecule has 0 spiro atoms. The number of furan rings is 1. The summed E-state index contributed by atoms with van der Waals surface area (Å²) in [6.45, 7) is 3.76. The second-order valence-corrected chi connectivity index (χ2v) is 4.81. The van der Waals surface area contributed by atoms with Crippen LogP contribution in [0.2, 0.25) is 0 Å². The standard InChI is InChI=1S/C16H20N2O3/c1-11(14-9-6-10-21-14)17-12(2)16(19)18-13-7-4-5-8-15(13)20-3/h4-12,17H,1-3H3,(H,18,19)/t11-,12+/m0/s1. The molecule has 0 saturated heterocycles. The predicted molar refractivity (Wildman–Crippen MR) is 81.3 cm³/mol. The molecular weight excluding hydrogens is 268 g/mol. The van der Waals surface area contributed by atoms with E-state index in [-0.39, 0.29) is 18.0 Å². The first kappa shape index (κ1) is 15.1. The topological polar surface area (TPSA) is 63.5 Å². The van der Waals surface area contributed by atoms with Gasteiger partial charge in [0.1, 0.15) is 11.5 Å². The molecule has 0 saturated carbocycles. The lowest BCUT2D eigenvalue weighted by atomic mass is 10.2. The van der Waals surface area contributed by atoms with Gasteiger partial charge in [0, 0.05) is 0 Å². The molecule has 21 heavy (non-hydrogen) atoms. The minimum Gasteiger partial charge on any atom is -0.495 e. The fourth-order valence-corrected chi connectivity index (χ4v) is 2.06. The van der Waals surface area contributed by atoms with Crippen LogP contribution in [0, 0.1) is 0 Å². The highest BCUT2D eigenvalue weighted by atomic mass is 16.5. The molecule has 0 bridgehead atoms. The summed E-state index contributed by atoms with van der Waals surface area (Å²) in [5.41, 5.74) is 0.657. The van der Waals surface area contributed by atoms with Gasteiger partial charge in [-0.2, -0.15) is 0 Å². The molecule has 0 aliphatic carbocycles. The van der Waals surface area contributed by atoms with Crippen LogP contribution in [0.15, 0.2) is 47.1 Å². The number of methoxy groups -OCH3 is 1. The van der Waals surface area contributed by atoms with E-state index in [1.807, 2.05) is 38.1 Å². The van der Waals surface area contributed by atoms with Crippen LogP contribution in [-0.2, 0) is 4.79 Å². The zero-order valence-electron chi connectivity index (χ0n) is 12.4. The summed E-state index contributed by atoms with van der Waals surface area (Å²) in [6.07, 6.45) is 1.62. The highest BCUT2D eigenvalue weighted by Crippen LogP contribution is 2.23. The molecule has 5 nitrogen and oxygen atoms in total. The van der Waals surface area contributed by atoms with Gasteiger partial charge in [-0.15, -0.1) is 0 Å². The van der Waals surface area contributed by atoms with E-state index in [0.29, 0.717) is 11.4 Å². The first-order valence-electron chi connectivity index (χ1n) is 6.85. The molecule has 112 valence electrons. The summed E-state index contributed by atoms with van der Waals surface area (Å²) in [6, 6.07) is 10.6. The molecule has 5 heteroatoms. The molecule has 1 amide bonds. The molecule has 2 aromatic rings. The van der Waals surface area contributed by atoms with Crippen LogP contribution in [0.3, 0.4) is 0 Å². The molecule has 1 aromatic heterocycles. The first-order valence-corrected chi connectivity index (χ1v) is 6.85. The summed E-state index contributed by atoms with van der Waals surface area (Å²) >= 11 is 0. The largest absolute Gasteiger partial charge is 0.495 e. The van der Waals surface area contributed by atoms with E-state index in [0.717, 1.165) is 5.76 Å². The first-order chi connectivity index (χ1) is 10.1.